The van der Waals surface area contributed by atoms with Crippen molar-refractivity contribution < 1.29 is 19.1 Å². The zero-order valence-electron chi connectivity index (χ0n) is 20.9. The molecule has 0 aliphatic heterocycles. The number of nitrogens with one attached hydrogen (secondary N) is 1. The van der Waals surface area contributed by atoms with E-state index in [1.807, 2.05) is 68.4 Å². The summed E-state index contributed by atoms with van der Waals surface area (Å²) in [6, 6.07) is 23.4. The number of halogens is 1. The lowest BCUT2D eigenvalue weighted by atomic mass is 10.0. The Morgan fingerprint density at radius 2 is 1.56 bits per heavy atom. The van der Waals surface area contributed by atoms with Crippen LogP contribution in [0, 0.1) is 5.92 Å². The van der Waals surface area contributed by atoms with Crippen molar-refractivity contribution in [3.8, 4) is 11.5 Å². The van der Waals surface area contributed by atoms with E-state index in [1.54, 1.807) is 36.3 Å². The maximum atomic E-state index is 13.6. The van der Waals surface area contributed by atoms with E-state index < -0.39 is 6.04 Å². The van der Waals surface area contributed by atoms with Crippen molar-refractivity contribution in [2.24, 2.45) is 5.92 Å². The van der Waals surface area contributed by atoms with E-state index in [2.05, 4.69) is 5.32 Å². The predicted octanol–water partition coefficient (Wildman–Crippen LogP) is 5.14. The van der Waals surface area contributed by atoms with Gasteiger partial charge in [0.05, 0.1) is 7.11 Å². The number of ether oxygens (including phenoxy) is 2. The first-order chi connectivity index (χ1) is 17.4. The predicted molar refractivity (Wildman–Crippen MR) is 142 cm³/mol. The van der Waals surface area contributed by atoms with Gasteiger partial charge in [0.2, 0.25) is 5.91 Å². The van der Waals surface area contributed by atoms with Gasteiger partial charge in [-0.25, -0.2) is 0 Å². The summed E-state index contributed by atoms with van der Waals surface area (Å²) in [4.78, 5) is 28.6. The highest BCUT2D eigenvalue weighted by atomic mass is 35.5. The average molecular weight is 509 g/mol. The molecule has 0 spiro atoms. The standard InChI is InChI=1S/C29H33ClN2O4/c1-21(2)18-31-29(34)25(17-22-11-5-4-6-12-22)32(19-23-13-7-8-14-24(23)30)28(33)20-36-27-16-10-9-15-26(27)35-3/h4-16,21,25H,17-20H2,1-3H3,(H,31,34). The smallest absolute Gasteiger partial charge is 0.261 e. The highest BCUT2D eigenvalue weighted by Gasteiger charge is 2.31. The van der Waals surface area contributed by atoms with Gasteiger partial charge in [-0.3, -0.25) is 9.59 Å². The largest absolute Gasteiger partial charge is 0.493 e. The first kappa shape index (κ1) is 27.1. The van der Waals surface area contributed by atoms with Crippen LogP contribution >= 0.6 is 11.6 Å². The number of carbonyl (C=O) groups excluding carboxylic acids is 2. The number of benzene rings is 3. The number of methoxy groups -OCH3 is 1. The zero-order chi connectivity index (χ0) is 25.9. The van der Waals surface area contributed by atoms with Crippen LogP contribution in [0.4, 0.5) is 0 Å². The number of carbonyl (C=O) groups is 2. The van der Waals surface area contributed by atoms with Gasteiger partial charge in [-0.1, -0.05) is 86.1 Å². The van der Waals surface area contributed by atoms with Gasteiger partial charge >= 0.3 is 0 Å². The third-order valence-corrected chi connectivity index (χ3v) is 6.04. The Morgan fingerprint density at radius 3 is 2.22 bits per heavy atom. The van der Waals surface area contributed by atoms with Crippen LogP contribution in [0.2, 0.25) is 5.02 Å². The second kappa shape index (κ2) is 13.5. The zero-order valence-corrected chi connectivity index (χ0v) is 21.7. The van der Waals surface area contributed by atoms with Crippen LogP contribution in [0.1, 0.15) is 25.0 Å². The highest BCUT2D eigenvalue weighted by Crippen LogP contribution is 2.26. The van der Waals surface area contributed by atoms with Gasteiger partial charge in [0.25, 0.3) is 5.91 Å². The molecule has 6 nitrogen and oxygen atoms in total. The van der Waals surface area contributed by atoms with Gasteiger partial charge in [-0.15, -0.1) is 0 Å². The lowest BCUT2D eigenvalue weighted by molar-refractivity contribution is -0.142. The molecule has 36 heavy (non-hydrogen) atoms. The summed E-state index contributed by atoms with van der Waals surface area (Å²) >= 11 is 6.45. The number of para-hydroxylation sites is 2. The van der Waals surface area contributed by atoms with Crippen LogP contribution in [0.25, 0.3) is 0 Å². The molecule has 3 aromatic carbocycles. The summed E-state index contributed by atoms with van der Waals surface area (Å²) in [6.45, 7) is 4.48. The van der Waals surface area contributed by atoms with E-state index in [9.17, 15) is 9.59 Å². The Kier molecular flexibility index (Phi) is 10.2. The number of hydrogen-bond donors (Lipinski definition) is 1. The van der Waals surface area contributed by atoms with Crippen LogP contribution in [0.15, 0.2) is 78.9 Å². The summed E-state index contributed by atoms with van der Waals surface area (Å²) < 4.78 is 11.2. The van der Waals surface area contributed by atoms with E-state index >= 15 is 0 Å². The van der Waals surface area contributed by atoms with Gasteiger partial charge in [0, 0.05) is 24.5 Å². The Morgan fingerprint density at radius 1 is 0.917 bits per heavy atom. The quantitative estimate of drug-likeness (QED) is 0.368. The van der Waals surface area contributed by atoms with Gasteiger partial charge in [-0.05, 0) is 35.2 Å². The maximum absolute atomic E-state index is 13.6. The van der Waals surface area contributed by atoms with E-state index in [-0.39, 0.29) is 30.9 Å². The molecule has 0 aliphatic carbocycles. The van der Waals surface area contributed by atoms with E-state index in [0.717, 1.165) is 11.1 Å². The lowest BCUT2D eigenvalue weighted by Gasteiger charge is -2.32. The minimum Gasteiger partial charge on any atom is -0.493 e. The van der Waals surface area contributed by atoms with Crippen molar-refractivity contribution in [2.75, 3.05) is 20.3 Å². The molecule has 3 aromatic rings. The summed E-state index contributed by atoms with van der Waals surface area (Å²) in [5.41, 5.74) is 1.70. The summed E-state index contributed by atoms with van der Waals surface area (Å²) in [5.74, 6) is 0.702. The summed E-state index contributed by atoms with van der Waals surface area (Å²) in [5, 5.41) is 3.53. The third kappa shape index (κ3) is 7.75. The topological polar surface area (TPSA) is 67.9 Å². The van der Waals surface area contributed by atoms with Crippen LogP contribution < -0.4 is 14.8 Å². The molecule has 0 heterocycles. The molecule has 0 saturated carbocycles. The van der Waals surface area contributed by atoms with E-state index in [1.165, 1.54) is 0 Å². The van der Waals surface area contributed by atoms with Crippen molar-refractivity contribution in [1.29, 1.82) is 0 Å². The van der Waals surface area contributed by atoms with Gasteiger partial charge < -0.3 is 19.7 Å². The minimum atomic E-state index is -0.754. The lowest BCUT2D eigenvalue weighted by Crippen LogP contribution is -2.52. The molecule has 0 bridgehead atoms. The molecule has 1 N–H and O–H groups in total. The number of hydrogen-bond acceptors (Lipinski definition) is 4. The van der Waals surface area contributed by atoms with E-state index in [0.29, 0.717) is 29.5 Å². The summed E-state index contributed by atoms with van der Waals surface area (Å²) in [6.07, 6.45) is 0.357. The monoisotopic (exact) mass is 508 g/mol. The fourth-order valence-corrected chi connectivity index (χ4v) is 3.94. The average Bonchev–Trinajstić information content (AvgIpc) is 2.89. The Balaban J connectivity index is 1.92. The molecular formula is C29H33ClN2O4. The molecule has 7 heteroatoms. The molecule has 190 valence electrons. The van der Waals surface area contributed by atoms with Crippen molar-refractivity contribution in [1.82, 2.24) is 10.2 Å². The van der Waals surface area contributed by atoms with Crippen molar-refractivity contribution in [3.63, 3.8) is 0 Å². The number of amides is 2. The Bertz CT molecular complexity index is 1140. The normalized spacial score (nSPS) is 11.6. The number of rotatable bonds is 12. The van der Waals surface area contributed by atoms with Crippen LogP contribution in [-0.4, -0.2) is 43.0 Å². The van der Waals surface area contributed by atoms with Crippen LogP contribution in [0.5, 0.6) is 11.5 Å². The summed E-state index contributed by atoms with van der Waals surface area (Å²) in [7, 11) is 1.54. The number of nitrogens with zero attached hydrogens (tertiary/aromatic N) is 1. The maximum Gasteiger partial charge on any atom is 0.261 e. The molecule has 0 radical (unpaired) electrons. The second-order valence-electron chi connectivity index (χ2n) is 8.90. The van der Waals surface area contributed by atoms with Gasteiger partial charge in [0.1, 0.15) is 6.04 Å². The second-order valence-corrected chi connectivity index (χ2v) is 9.30. The van der Waals surface area contributed by atoms with Gasteiger partial charge in [0.15, 0.2) is 18.1 Å². The van der Waals surface area contributed by atoms with Crippen molar-refractivity contribution in [2.45, 2.75) is 32.9 Å². The molecular weight excluding hydrogens is 476 g/mol. The van der Waals surface area contributed by atoms with Crippen molar-refractivity contribution in [3.05, 3.63) is 95.0 Å². The first-order valence-corrected chi connectivity index (χ1v) is 12.4. The SMILES string of the molecule is COc1ccccc1OCC(=O)N(Cc1ccccc1Cl)C(Cc1ccccc1)C(=O)NCC(C)C. The molecule has 2 amide bonds. The third-order valence-electron chi connectivity index (χ3n) is 5.67. The fraction of sp³-hybridized carbons (Fsp3) is 0.310. The van der Waals surface area contributed by atoms with Crippen LogP contribution in [0.3, 0.4) is 0 Å². The van der Waals surface area contributed by atoms with Crippen molar-refractivity contribution >= 4 is 23.4 Å². The molecule has 0 aliphatic rings. The Labute approximate surface area is 218 Å². The molecule has 0 aromatic heterocycles. The molecule has 3 rings (SSSR count). The Hall–Kier alpha value is -3.51. The fourth-order valence-electron chi connectivity index (χ4n) is 3.75. The van der Waals surface area contributed by atoms with Gasteiger partial charge in [-0.2, -0.15) is 0 Å². The molecule has 1 unspecified atom stereocenters. The molecule has 0 fully saturated rings. The minimum absolute atomic E-state index is 0.167. The molecule has 1 atom stereocenters. The molecule has 0 saturated heterocycles. The highest BCUT2D eigenvalue weighted by molar-refractivity contribution is 6.31. The van der Waals surface area contributed by atoms with Crippen LogP contribution in [-0.2, 0) is 22.6 Å². The van der Waals surface area contributed by atoms with E-state index in [4.69, 9.17) is 21.1 Å². The first-order valence-electron chi connectivity index (χ1n) is 12.0.